The Morgan fingerprint density at radius 1 is 1.28 bits per heavy atom. The maximum absolute atomic E-state index is 14.2. The van der Waals surface area contributed by atoms with Crippen LogP contribution in [0.15, 0.2) is 24.5 Å². The quantitative estimate of drug-likeness (QED) is 0.575. The lowest BCUT2D eigenvalue weighted by Gasteiger charge is -2.34. The number of nitrogens with two attached hydrogens (primary N) is 1. The summed E-state index contributed by atoms with van der Waals surface area (Å²) in [6.45, 7) is 8.21. The van der Waals surface area contributed by atoms with Gasteiger partial charge in [-0.1, -0.05) is 13.8 Å². The highest BCUT2D eigenvalue weighted by Crippen LogP contribution is 2.24. The molecule has 0 radical (unpaired) electrons. The van der Waals surface area contributed by atoms with Crippen molar-refractivity contribution >= 4 is 23.1 Å². The molecule has 0 unspecified atom stereocenters. The molecule has 1 amide bonds. The molecule has 1 aliphatic heterocycles. The molecular formula is C21H27FN6O. The zero-order valence-corrected chi connectivity index (χ0v) is 17.1. The van der Waals surface area contributed by atoms with Gasteiger partial charge in [0, 0.05) is 37.0 Å². The number of piperazine rings is 1. The monoisotopic (exact) mass is 398 g/mol. The number of benzene rings is 1. The first-order chi connectivity index (χ1) is 13.8. The Hall–Kier alpha value is -3.03. The van der Waals surface area contributed by atoms with Crippen molar-refractivity contribution in [3.05, 3.63) is 47.2 Å². The van der Waals surface area contributed by atoms with E-state index in [0.29, 0.717) is 48.7 Å². The molecule has 1 aromatic carbocycles. The molecule has 8 heteroatoms. The van der Waals surface area contributed by atoms with Gasteiger partial charge >= 0.3 is 0 Å². The number of amides is 1. The molecule has 0 bridgehead atoms. The summed E-state index contributed by atoms with van der Waals surface area (Å²) in [7, 11) is 0. The summed E-state index contributed by atoms with van der Waals surface area (Å²) in [6.07, 6.45) is 1.94. The molecule has 1 saturated heterocycles. The highest BCUT2D eigenvalue weighted by molar-refractivity contribution is 6.13. The fourth-order valence-corrected chi connectivity index (χ4v) is 3.48. The topological polar surface area (TPSA) is 99.2 Å². The number of halogens is 1. The van der Waals surface area contributed by atoms with Crippen LogP contribution in [0, 0.1) is 17.1 Å². The number of likely N-dealkylation sites (N-methyl/N-ethyl adjacent to an activating group) is 1. The predicted octanol–water partition coefficient (Wildman–Crippen LogP) is 2.48. The van der Waals surface area contributed by atoms with Crippen molar-refractivity contribution in [2.75, 3.05) is 36.8 Å². The highest BCUT2D eigenvalue weighted by atomic mass is 19.1. The second-order valence-electron chi connectivity index (χ2n) is 7.66. The molecule has 7 nitrogen and oxygen atoms in total. The summed E-state index contributed by atoms with van der Waals surface area (Å²) in [5.41, 5.74) is 7.67. The van der Waals surface area contributed by atoms with Crippen LogP contribution in [-0.4, -0.2) is 52.7 Å². The third-order valence-corrected chi connectivity index (χ3v) is 5.05. The molecule has 0 saturated carbocycles. The van der Waals surface area contributed by atoms with E-state index in [0.717, 1.165) is 0 Å². The Labute approximate surface area is 170 Å². The molecule has 2 aromatic rings. The van der Waals surface area contributed by atoms with Crippen molar-refractivity contribution in [1.29, 1.82) is 5.41 Å². The highest BCUT2D eigenvalue weighted by Gasteiger charge is 2.24. The van der Waals surface area contributed by atoms with E-state index in [2.05, 4.69) is 9.97 Å². The van der Waals surface area contributed by atoms with Crippen molar-refractivity contribution in [3.8, 4) is 0 Å². The van der Waals surface area contributed by atoms with Gasteiger partial charge in [0.2, 0.25) is 5.91 Å². The van der Waals surface area contributed by atoms with Gasteiger partial charge in [0.25, 0.3) is 0 Å². The Morgan fingerprint density at radius 2 is 2.03 bits per heavy atom. The second-order valence-corrected chi connectivity index (χ2v) is 7.66. The van der Waals surface area contributed by atoms with Crippen molar-refractivity contribution in [3.63, 3.8) is 0 Å². The molecule has 1 fully saturated rings. The standard InChI is InChI=1S/C21H27FN6O/c1-4-27-5-6-28(11-20(27)29)19-10-18(25-12-26-19)21(24)15-8-14(7-13(2)3)16(22)9-17(15)23/h8-10,12-13,24H,4-7,11,23H2,1-3H3. The number of nitrogens with zero attached hydrogens (tertiary/aromatic N) is 4. The van der Waals surface area contributed by atoms with Crippen LogP contribution in [0.2, 0.25) is 0 Å². The lowest BCUT2D eigenvalue weighted by Crippen LogP contribution is -2.50. The van der Waals surface area contributed by atoms with Crippen LogP contribution in [0.5, 0.6) is 0 Å². The summed E-state index contributed by atoms with van der Waals surface area (Å²) < 4.78 is 14.2. The molecular weight excluding hydrogens is 371 g/mol. The van der Waals surface area contributed by atoms with E-state index in [4.69, 9.17) is 11.1 Å². The van der Waals surface area contributed by atoms with Crippen molar-refractivity contribution in [2.45, 2.75) is 27.2 Å². The van der Waals surface area contributed by atoms with Gasteiger partial charge in [-0.3, -0.25) is 10.2 Å². The minimum absolute atomic E-state index is 0.0510. The minimum atomic E-state index is -0.358. The maximum atomic E-state index is 14.2. The zero-order valence-electron chi connectivity index (χ0n) is 17.1. The van der Waals surface area contributed by atoms with E-state index in [9.17, 15) is 9.18 Å². The van der Waals surface area contributed by atoms with Crippen LogP contribution in [0.4, 0.5) is 15.9 Å². The number of carbonyl (C=O) groups is 1. The van der Waals surface area contributed by atoms with Crippen LogP contribution < -0.4 is 10.6 Å². The predicted molar refractivity (Wildman–Crippen MR) is 112 cm³/mol. The number of nitrogens with one attached hydrogen (secondary N) is 1. The van der Waals surface area contributed by atoms with Gasteiger partial charge in [-0.05, 0) is 37.0 Å². The van der Waals surface area contributed by atoms with Gasteiger partial charge in [0.05, 0.1) is 18.0 Å². The lowest BCUT2D eigenvalue weighted by molar-refractivity contribution is -0.130. The smallest absolute Gasteiger partial charge is 0.242 e. The number of rotatable bonds is 6. The third-order valence-electron chi connectivity index (χ3n) is 5.05. The Morgan fingerprint density at radius 3 is 2.69 bits per heavy atom. The number of hydrogen-bond donors (Lipinski definition) is 2. The molecule has 0 atom stereocenters. The first-order valence-electron chi connectivity index (χ1n) is 9.82. The first kappa shape index (κ1) is 20.7. The van der Waals surface area contributed by atoms with Crippen LogP contribution in [-0.2, 0) is 11.2 Å². The summed E-state index contributed by atoms with van der Waals surface area (Å²) in [5.74, 6) is 0.561. The lowest BCUT2D eigenvalue weighted by atomic mass is 9.96. The van der Waals surface area contributed by atoms with E-state index in [1.807, 2.05) is 25.7 Å². The summed E-state index contributed by atoms with van der Waals surface area (Å²) >= 11 is 0. The van der Waals surface area contributed by atoms with Crippen LogP contribution in [0.3, 0.4) is 0 Å². The molecule has 1 aromatic heterocycles. The molecule has 29 heavy (non-hydrogen) atoms. The second kappa shape index (κ2) is 8.55. The molecule has 0 aliphatic carbocycles. The molecule has 1 aliphatic rings. The van der Waals surface area contributed by atoms with Gasteiger partial charge in [0.1, 0.15) is 18.0 Å². The van der Waals surface area contributed by atoms with Crippen LogP contribution >= 0.6 is 0 Å². The van der Waals surface area contributed by atoms with E-state index in [1.54, 1.807) is 17.0 Å². The van der Waals surface area contributed by atoms with Crippen molar-refractivity contribution < 1.29 is 9.18 Å². The molecule has 0 spiro atoms. The summed E-state index contributed by atoms with van der Waals surface area (Å²) in [4.78, 5) is 24.4. The SMILES string of the molecule is CCN1CCN(c2cc(C(=N)c3cc(CC(C)C)c(F)cc3N)ncn2)CC1=O. The fraction of sp³-hybridized carbons (Fsp3) is 0.429. The molecule has 3 rings (SSSR count). The average Bonchev–Trinajstić information content (AvgIpc) is 2.69. The molecule has 2 heterocycles. The normalized spacial score (nSPS) is 14.6. The summed E-state index contributed by atoms with van der Waals surface area (Å²) in [5, 5.41) is 8.59. The van der Waals surface area contributed by atoms with Gasteiger partial charge in [-0.15, -0.1) is 0 Å². The Bertz CT molecular complexity index is 929. The first-order valence-corrected chi connectivity index (χ1v) is 9.82. The van der Waals surface area contributed by atoms with E-state index < -0.39 is 0 Å². The van der Waals surface area contributed by atoms with E-state index in [-0.39, 0.29) is 35.6 Å². The van der Waals surface area contributed by atoms with Gasteiger partial charge < -0.3 is 15.5 Å². The molecule has 154 valence electrons. The zero-order chi connectivity index (χ0) is 21.1. The summed E-state index contributed by atoms with van der Waals surface area (Å²) in [6, 6.07) is 4.59. The molecule has 3 N–H and O–H groups in total. The average molecular weight is 398 g/mol. The number of anilines is 2. The van der Waals surface area contributed by atoms with E-state index in [1.165, 1.54) is 12.4 Å². The van der Waals surface area contributed by atoms with Crippen molar-refractivity contribution in [1.82, 2.24) is 14.9 Å². The van der Waals surface area contributed by atoms with Crippen LogP contribution in [0.25, 0.3) is 0 Å². The maximum Gasteiger partial charge on any atom is 0.242 e. The van der Waals surface area contributed by atoms with Gasteiger partial charge in [-0.2, -0.15) is 0 Å². The Balaban J connectivity index is 1.88. The number of nitrogen functional groups attached to an aromatic ring is 1. The Kier molecular flexibility index (Phi) is 6.10. The van der Waals surface area contributed by atoms with Gasteiger partial charge in [-0.25, -0.2) is 14.4 Å². The van der Waals surface area contributed by atoms with Gasteiger partial charge in [0.15, 0.2) is 0 Å². The number of aromatic nitrogens is 2. The number of carbonyl (C=O) groups excluding carboxylic acids is 1. The van der Waals surface area contributed by atoms with E-state index >= 15 is 0 Å². The third kappa shape index (κ3) is 4.52. The minimum Gasteiger partial charge on any atom is -0.398 e. The largest absolute Gasteiger partial charge is 0.398 e. The number of hydrogen-bond acceptors (Lipinski definition) is 6. The fourth-order valence-electron chi connectivity index (χ4n) is 3.48. The van der Waals surface area contributed by atoms with Crippen molar-refractivity contribution in [2.24, 2.45) is 5.92 Å². The van der Waals surface area contributed by atoms with Crippen LogP contribution in [0.1, 0.15) is 37.6 Å².